The summed E-state index contributed by atoms with van der Waals surface area (Å²) >= 11 is 5.02. The SMILES string of the molecule is COc1ccc(-c2cc(=S)nc(C)[nH]2)cc1F. The molecule has 1 aromatic carbocycles. The summed E-state index contributed by atoms with van der Waals surface area (Å²) in [5.41, 5.74) is 1.45. The van der Waals surface area contributed by atoms with Gasteiger partial charge in [-0.3, -0.25) is 0 Å². The molecule has 2 rings (SSSR count). The van der Waals surface area contributed by atoms with Crippen molar-refractivity contribution in [2.45, 2.75) is 6.92 Å². The molecule has 0 unspecified atom stereocenters. The van der Waals surface area contributed by atoms with Crippen LogP contribution in [0.15, 0.2) is 24.3 Å². The highest BCUT2D eigenvalue weighted by atomic mass is 32.1. The minimum Gasteiger partial charge on any atom is -0.494 e. The van der Waals surface area contributed by atoms with Crippen molar-refractivity contribution < 1.29 is 9.13 Å². The first-order chi connectivity index (χ1) is 8.10. The summed E-state index contributed by atoms with van der Waals surface area (Å²) in [5, 5.41) is 0. The van der Waals surface area contributed by atoms with E-state index in [2.05, 4.69) is 9.97 Å². The van der Waals surface area contributed by atoms with Gasteiger partial charge in [-0.05, 0) is 31.2 Å². The Labute approximate surface area is 103 Å². The van der Waals surface area contributed by atoms with Crippen LogP contribution in [0.4, 0.5) is 4.39 Å². The Morgan fingerprint density at radius 2 is 2.12 bits per heavy atom. The number of aromatic nitrogens is 2. The summed E-state index contributed by atoms with van der Waals surface area (Å²) in [6, 6.07) is 6.45. The third kappa shape index (κ3) is 2.50. The van der Waals surface area contributed by atoms with Gasteiger partial charge in [0.15, 0.2) is 11.6 Å². The number of methoxy groups -OCH3 is 1. The van der Waals surface area contributed by atoms with E-state index in [1.54, 1.807) is 25.1 Å². The molecular weight excluding hydrogens is 239 g/mol. The highest BCUT2D eigenvalue weighted by molar-refractivity contribution is 7.71. The molecule has 88 valence electrons. The van der Waals surface area contributed by atoms with Crippen molar-refractivity contribution in [3.8, 4) is 17.0 Å². The zero-order chi connectivity index (χ0) is 12.4. The summed E-state index contributed by atoms with van der Waals surface area (Å²) in [6.07, 6.45) is 0. The van der Waals surface area contributed by atoms with E-state index < -0.39 is 5.82 Å². The van der Waals surface area contributed by atoms with Crippen molar-refractivity contribution in [1.82, 2.24) is 9.97 Å². The lowest BCUT2D eigenvalue weighted by Crippen LogP contribution is -1.93. The van der Waals surface area contributed by atoms with E-state index >= 15 is 0 Å². The number of ether oxygens (including phenoxy) is 1. The van der Waals surface area contributed by atoms with Crippen LogP contribution in [0.1, 0.15) is 5.82 Å². The molecule has 1 heterocycles. The van der Waals surface area contributed by atoms with Crippen molar-refractivity contribution in [2.24, 2.45) is 0 Å². The maximum atomic E-state index is 13.6. The van der Waals surface area contributed by atoms with Crippen LogP contribution in [0.3, 0.4) is 0 Å². The number of nitrogens with zero attached hydrogens (tertiary/aromatic N) is 1. The monoisotopic (exact) mass is 250 g/mol. The number of hydrogen-bond acceptors (Lipinski definition) is 3. The molecule has 0 amide bonds. The van der Waals surface area contributed by atoms with Crippen LogP contribution in [-0.2, 0) is 0 Å². The van der Waals surface area contributed by atoms with Crippen molar-refractivity contribution >= 4 is 12.2 Å². The standard InChI is InChI=1S/C12H11FN2OS/c1-7-14-10(6-12(17)15-7)8-3-4-11(16-2)9(13)5-8/h3-6H,1-2H3,(H,14,15,17). The lowest BCUT2D eigenvalue weighted by molar-refractivity contribution is 0.386. The van der Waals surface area contributed by atoms with Gasteiger partial charge in [-0.2, -0.15) is 0 Å². The van der Waals surface area contributed by atoms with Crippen LogP contribution in [0.25, 0.3) is 11.3 Å². The smallest absolute Gasteiger partial charge is 0.165 e. The first kappa shape index (κ1) is 11.7. The molecule has 0 aliphatic heterocycles. The Morgan fingerprint density at radius 3 is 2.71 bits per heavy atom. The zero-order valence-corrected chi connectivity index (χ0v) is 10.3. The molecule has 1 aromatic heterocycles. The van der Waals surface area contributed by atoms with Crippen LogP contribution >= 0.6 is 12.2 Å². The number of H-pyrrole nitrogens is 1. The first-order valence-corrected chi connectivity index (χ1v) is 5.43. The summed E-state index contributed by atoms with van der Waals surface area (Å²) in [6.45, 7) is 1.80. The summed E-state index contributed by atoms with van der Waals surface area (Å²) in [4.78, 5) is 7.10. The minimum absolute atomic E-state index is 0.220. The van der Waals surface area contributed by atoms with E-state index in [9.17, 15) is 4.39 Å². The molecule has 0 saturated heterocycles. The quantitative estimate of drug-likeness (QED) is 0.831. The van der Waals surface area contributed by atoms with Gasteiger partial charge in [0.1, 0.15) is 10.5 Å². The number of rotatable bonds is 2. The molecule has 0 radical (unpaired) electrons. The van der Waals surface area contributed by atoms with Crippen LogP contribution in [0.5, 0.6) is 5.75 Å². The molecule has 0 saturated carbocycles. The van der Waals surface area contributed by atoms with Gasteiger partial charge in [0.05, 0.1) is 7.11 Å². The van der Waals surface area contributed by atoms with Crippen molar-refractivity contribution in [3.05, 3.63) is 40.5 Å². The molecule has 0 aliphatic carbocycles. The molecule has 1 N–H and O–H groups in total. The third-order valence-corrected chi connectivity index (χ3v) is 2.53. The summed E-state index contributed by atoms with van der Waals surface area (Å²) < 4.78 is 18.9. The van der Waals surface area contributed by atoms with Gasteiger partial charge in [0, 0.05) is 11.3 Å². The first-order valence-electron chi connectivity index (χ1n) is 5.02. The lowest BCUT2D eigenvalue weighted by Gasteiger charge is -2.06. The molecule has 2 aromatic rings. The number of aryl methyl sites for hydroxylation is 1. The molecule has 3 nitrogen and oxygen atoms in total. The van der Waals surface area contributed by atoms with Crippen molar-refractivity contribution in [2.75, 3.05) is 7.11 Å². The number of aromatic amines is 1. The van der Waals surface area contributed by atoms with Crippen molar-refractivity contribution in [1.29, 1.82) is 0 Å². The highest BCUT2D eigenvalue weighted by Crippen LogP contribution is 2.24. The van der Waals surface area contributed by atoms with Gasteiger partial charge in [0.25, 0.3) is 0 Å². The Hall–Kier alpha value is -1.75. The second-order valence-electron chi connectivity index (χ2n) is 3.57. The molecule has 0 atom stereocenters. The van der Waals surface area contributed by atoms with Crippen LogP contribution in [0, 0.1) is 17.4 Å². The zero-order valence-electron chi connectivity index (χ0n) is 9.45. The minimum atomic E-state index is -0.404. The lowest BCUT2D eigenvalue weighted by atomic mass is 10.1. The Kier molecular flexibility index (Phi) is 3.19. The predicted molar refractivity (Wildman–Crippen MR) is 66.1 cm³/mol. The van der Waals surface area contributed by atoms with Crippen LogP contribution in [-0.4, -0.2) is 17.1 Å². The van der Waals surface area contributed by atoms with Gasteiger partial charge < -0.3 is 9.72 Å². The normalized spacial score (nSPS) is 10.3. The Morgan fingerprint density at radius 1 is 1.35 bits per heavy atom. The second-order valence-corrected chi connectivity index (χ2v) is 3.99. The second kappa shape index (κ2) is 4.63. The topological polar surface area (TPSA) is 37.9 Å². The molecule has 0 bridgehead atoms. The highest BCUT2D eigenvalue weighted by Gasteiger charge is 2.06. The van der Waals surface area contributed by atoms with Gasteiger partial charge in [0.2, 0.25) is 0 Å². The summed E-state index contributed by atoms with van der Waals surface area (Å²) in [5.74, 6) is 0.514. The fourth-order valence-corrected chi connectivity index (χ4v) is 1.82. The Balaban J connectivity index is 2.53. The van der Waals surface area contributed by atoms with Crippen molar-refractivity contribution in [3.63, 3.8) is 0 Å². The van der Waals surface area contributed by atoms with E-state index in [-0.39, 0.29) is 5.75 Å². The number of hydrogen-bond donors (Lipinski definition) is 1. The van der Waals surface area contributed by atoms with Gasteiger partial charge in [-0.1, -0.05) is 12.2 Å². The largest absolute Gasteiger partial charge is 0.494 e. The fourth-order valence-electron chi connectivity index (χ4n) is 1.57. The molecule has 17 heavy (non-hydrogen) atoms. The maximum absolute atomic E-state index is 13.6. The Bertz CT molecular complexity index is 610. The summed E-state index contributed by atoms with van der Waals surface area (Å²) in [7, 11) is 1.43. The van der Waals surface area contributed by atoms with E-state index in [1.165, 1.54) is 13.2 Å². The molecular formula is C12H11FN2OS. The van der Waals surface area contributed by atoms with Crippen LogP contribution < -0.4 is 4.74 Å². The molecule has 5 heteroatoms. The van der Waals surface area contributed by atoms with E-state index in [1.807, 2.05) is 0 Å². The van der Waals surface area contributed by atoms with E-state index in [0.717, 1.165) is 5.69 Å². The molecule has 0 aliphatic rings. The number of benzene rings is 1. The average Bonchev–Trinajstić information content (AvgIpc) is 2.27. The predicted octanol–water partition coefficient (Wildman–Crippen LogP) is 3.26. The number of halogens is 1. The van der Waals surface area contributed by atoms with Gasteiger partial charge in [-0.25, -0.2) is 9.37 Å². The third-order valence-electron chi connectivity index (χ3n) is 2.32. The van der Waals surface area contributed by atoms with Gasteiger partial charge in [-0.15, -0.1) is 0 Å². The maximum Gasteiger partial charge on any atom is 0.165 e. The van der Waals surface area contributed by atoms with E-state index in [4.69, 9.17) is 17.0 Å². The van der Waals surface area contributed by atoms with Crippen LogP contribution in [0.2, 0.25) is 0 Å². The molecule has 0 fully saturated rings. The molecule has 0 spiro atoms. The number of nitrogens with one attached hydrogen (secondary N) is 1. The fraction of sp³-hybridized carbons (Fsp3) is 0.167. The average molecular weight is 250 g/mol. The van der Waals surface area contributed by atoms with Gasteiger partial charge >= 0.3 is 0 Å². The van der Waals surface area contributed by atoms with E-state index in [0.29, 0.717) is 16.0 Å².